The van der Waals surface area contributed by atoms with E-state index < -0.39 is 0 Å². The van der Waals surface area contributed by atoms with E-state index in [1.54, 1.807) is 11.3 Å². The molecular weight excluding hydrogens is 492 g/mol. The van der Waals surface area contributed by atoms with E-state index in [-0.39, 0.29) is 6.04 Å². The van der Waals surface area contributed by atoms with Gasteiger partial charge in [-0.1, -0.05) is 37.6 Å². The maximum Gasteiger partial charge on any atom is 0.164 e. The largest absolute Gasteiger partial charge is 0.379 e. The van der Waals surface area contributed by atoms with Crippen molar-refractivity contribution in [3.63, 3.8) is 0 Å². The van der Waals surface area contributed by atoms with Crippen LogP contribution in [0.2, 0.25) is 5.02 Å². The van der Waals surface area contributed by atoms with Gasteiger partial charge in [0.25, 0.3) is 0 Å². The maximum atomic E-state index is 6.20. The van der Waals surface area contributed by atoms with Gasteiger partial charge in [0.15, 0.2) is 5.82 Å². The van der Waals surface area contributed by atoms with Crippen molar-refractivity contribution in [1.82, 2.24) is 25.0 Å². The van der Waals surface area contributed by atoms with Crippen LogP contribution in [0.5, 0.6) is 0 Å². The first-order valence-corrected chi connectivity index (χ1v) is 14.1. The van der Waals surface area contributed by atoms with Crippen LogP contribution >= 0.6 is 22.9 Å². The Labute approximate surface area is 223 Å². The molecule has 0 saturated carbocycles. The van der Waals surface area contributed by atoms with Crippen molar-refractivity contribution < 1.29 is 4.74 Å². The third kappa shape index (κ3) is 5.73. The lowest BCUT2D eigenvalue weighted by atomic mass is 10.00. The predicted molar refractivity (Wildman–Crippen MR) is 149 cm³/mol. The maximum absolute atomic E-state index is 6.20. The number of morpholine rings is 1. The zero-order valence-corrected chi connectivity index (χ0v) is 23.5. The third-order valence-corrected chi connectivity index (χ3v) is 8.07. The number of halogens is 1. The molecule has 0 aliphatic carbocycles. The number of aliphatic imine (C=N–C) groups is 1. The highest BCUT2D eigenvalue weighted by molar-refractivity contribution is 7.15. The molecule has 194 valence electrons. The molecule has 0 radical (unpaired) electrons. The Balaban J connectivity index is 0.00000148. The molecule has 1 saturated heterocycles. The molecule has 2 aromatic heterocycles. The van der Waals surface area contributed by atoms with Crippen molar-refractivity contribution in [2.45, 2.75) is 47.1 Å². The molecule has 9 heteroatoms. The minimum Gasteiger partial charge on any atom is -0.379 e. The van der Waals surface area contributed by atoms with E-state index in [2.05, 4.69) is 51.0 Å². The predicted octanol–water partition coefficient (Wildman–Crippen LogP) is 5.14. The normalized spacial score (nSPS) is 17.5. The average molecular weight is 529 g/mol. The van der Waals surface area contributed by atoms with Crippen LogP contribution < -0.4 is 5.32 Å². The smallest absolute Gasteiger partial charge is 0.164 e. The Hall–Kier alpha value is -2.10. The van der Waals surface area contributed by atoms with Gasteiger partial charge in [0.05, 0.1) is 18.9 Å². The van der Waals surface area contributed by atoms with E-state index in [4.69, 9.17) is 21.3 Å². The number of benzene rings is 1. The highest BCUT2D eigenvalue weighted by Gasteiger charge is 2.31. The minimum atomic E-state index is -0.130. The number of ether oxygens (including phenoxy) is 1. The molecule has 1 unspecified atom stereocenters. The van der Waals surface area contributed by atoms with Gasteiger partial charge in [-0.05, 0) is 58.0 Å². The molecule has 0 bridgehead atoms. The van der Waals surface area contributed by atoms with Gasteiger partial charge >= 0.3 is 0 Å². The number of thiophene rings is 1. The molecule has 5 rings (SSSR count). The summed E-state index contributed by atoms with van der Waals surface area (Å²) in [6, 6.07) is 7.85. The average Bonchev–Trinajstić information content (AvgIpc) is 3.37. The van der Waals surface area contributed by atoms with Crippen molar-refractivity contribution in [2.24, 2.45) is 4.99 Å². The van der Waals surface area contributed by atoms with E-state index >= 15 is 0 Å². The first kappa shape index (κ1) is 26.9. The highest BCUT2D eigenvalue weighted by atomic mass is 35.5. The number of nitrogens with one attached hydrogen (secondary N) is 1. The molecular formula is C27H37ClN6OS. The number of hydrogen-bond acceptors (Lipinski definition) is 7. The van der Waals surface area contributed by atoms with Crippen molar-refractivity contribution >= 4 is 28.6 Å². The molecule has 3 aromatic rings. The molecule has 36 heavy (non-hydrogen) atoms. The second-order valence-corrected chi connectivity index (χ2v) is 10.6. The lowest BCUT2D eigenvalue weighted by Crippen LogP contribution is -2.38. The summed E-state index contributed by atoms with van der Waals surface area (Å²) >= 11 is 7.98. The van der Waals surface area contributed by atoms with Crippen LogP contribution in [-0.4, -0.2) is 71.3 Å². The van der Waals surface area contributed by atoms with Gasteiger partial charge in [0.1, 0.15) is 16.9 Å². The second kappa shape index (κ2) is 12.4. The molecule has 1 atom stereocenters. The van der Waals surface area contributed by atoms with E-state index in [0.29, 0.717) is 6.54 Å². The number of fused-ring (bicyclic) bond motifs is 3. The summed E-state index contributed by atoms with van der Waals surface area (Å²) < 4.78 is 7.65. The molecule has 1 aromatic carbocycles. The van der Waals surface area contributed by atoms with Crippen LogP contribution in [0.15, 0.2) is 29.3 Å². The first-order valence-electron chi connectivity index (χ1n) is 12.9. The lowest BCUT2D eigenvalue weighted by Gasteiger charge is -2.26. The lowest BCUT2D eigenvalue weighted by molar-refractivity contribution is 0.0374. The van der Waals surface area contributed by atoms with Crippen LogP contribution in [0.3, 0.4) is 0 Å². The molecule has 4 heterocycles. The van der Waals surface area contributed by atoms with Gasteiger partial charge < -0.3 is 10.1 Å². The quantitative estimate of drug-likeness (QED) is 0.430. The first-order chi connectivity index (χ1) is 17.5. The fourth-order valence-corrected chi connectivity index (χ4v) is 5.96. The highest BCUT2D eigenvalue weighted by Crippen LogP contribution is 2.38. The molecule has 0 spiro atoms. The number of nitrogens with zero attached hydrogens (tertiary/aromatic N) is 5. The number of aryl methyl sites for hydroxylation is 2. The van der Waals surface area contributed by atoms with Crippen molar-refractivity contribution in [3.05, 3.63) is 62.5 Å². The van der Waals surface area contributed by atoms with E-state index in [0.717, 1.165) is 78.8 Å². The summed E-state index contributed by atoms with van der Waals surface area (Å²) in [5, 5.41) is 14.5. The Morgan fingerprint density at radius 2 is 1.81 bits per heavy atom. The summed E-state index contributed by atoms with van der Waals surface area (Å²) in [6.45, 7) is 16.8. The summed E-state index contributed by atoms with van der Waals surface area (Å²) in [5.74, 6) is 1.78. The van der Waals surface area contributed by atoms with Crippen LogP contribution in [0.25, 0.3) is 5.00 Å². The van der Waals surface area contributed by atoms with Crippen LogP contribution in [0, 0.1) is 20.8 Å². The van der Waals surface area contributed by atoms with Crippen LogP contribution in [0.1, 0.15) is 59.5 Å². The Bertz CT molecular complexity index is 1180. The number of hydrogen-bond donors (Lipinski definition) is 1. The van der Waals surface area contributed by atoms with E-state index in [9.17, 15) is 0 Å². The zero-order valence-electron chi connectivity index (χ0n) is 22.0. The molecule has 7 nitrogen and oxygen atoms in total. The van der Waals surface area contributed by atoms with Crippen LogP contribution in [0.4, 0.5) is 0 Å². The van der Waals surface area contributed by atoms with Gasteiger partial charge in [-0.3, -0.25) is 14.5 Å². The Morgan fingerprint density at radius 3 is 2.53 bits per heavy atom. The molecule has 1 N–H and O–H groups in total. The Morgan fingerprint density at radius 1 is 1.08 bits per heavy atom. The van der Waals surface area contributed by atoms with Gasteiger partial charge in [0.2, 0.25) is 0 Å². The van der Waals surface area contributed by atoms with Crippen LogP contribution in [-0.2, 0) is 4.74 Å². The molecule has 0 amide bonds. The van der Waals surface area contributed by atoms with E-state index in [1.165, 1.54) is 16.0 Å². The zero-order chi connectivity index (χ0) is 25.7. The summed E-state index contributed by atoms with van der Waals surface area (Å²) in [6.07, 6.45) is 1.10. The summed E-state index contributed by atoms with van der Waals surface area (Å²) in [5.41, 5.74) is 4.49. The van der Waals surface area contributed by atoms with Crippen molar-refractivity contribution in [3.8, 4) is 5.00 Å². The fourth-order valence-electron chi connectivity index (χ4n) is 4.62. The minimum absolute atomic E-state index is 0.130. The van der Waals surface area contributed by atoms with Gasteiger partial charge in [-0.25, -0.2) is 0 Å². The van der Waals surface area contributed by atoms with Crippen molar-refractivity contribution in [1.29, 1.82) is 0 Å². The van der Waals surface area contributed by atoms with Gasteiger partial charge in [-0.15, -0.1) is 21.5 Å². The fraction of sp³-hybridized carbons (Fsp3) is 0.519. The van der Waals surface area contributed by atoms with Crippen molar-refractivity contribution in [2.75, 3.05) is 45.9 Å². The standard InChI is InChI=1S/C25H31ClN6OS.C2H6/c1-16-17(2)34-25-22(16)23(19-5-7-20(26)8-6-19)28-21(24-30-29-18(3)32(24)25)15-27-9-4-10-31-11-13-33-14-12-31;1-2/h5-8,21,27H,4,9-15H2,1-3H3;1-2H3. The third-order valence-electron chi connectivity index (χ3n) is 6.63. The summed E-state index contributed by atoms with van der Waals surface area (Å²) in [4.78, 5) is 9.05. The molecule has 2 aliphatic rings. The number of rotatable bonds is 7. The summed E-state index contributed by atoms with van der Waals surface area (Å²) in [7, 11) is 0. The van der Waals surface area contributed by atoms with E-state index in [1.807, 2.05) is 32.9 Å². The Kier molecular flexibility index (Phi) is 9.30. The second-order valence-electron chi connectivity index (χ2n) is 8.92. The van der Waals surface area contributed by atoms with Gasteiger partial charge in [0, 0.05) is 40.7 Å². The number of aromatic nitrogens is 3. The monoisotopic (exact) mass is 528 g/mol. The molecule has 2 aliphatic heterocycles. The van der Waals surface area contributed by atoms with Gasteiger partial charge in [-0.2, -0.15) is 0 Å². The molecule has 1 fully saturated rings. The topological polar surface area (TPSA) is 67.6 Å². The SMILES string of the molecule is CC.Cc1sc2c(c1C)C(c1ccc(Cl)cc1)=NC(CNCCCN1CCOCC1)c1nnc(C)n1-2.